The van der Waals surface area contributed by atoms with Crippen molar-refractivity contribution < 1.29 is 9.90 Å². The van der Waals surface area contributed by atoms with Gasteiger partial charge in [0.1, 0.15) is 5.75 Å². The second-order valence-electron chi connectivity index (χ2n) is 3.88. The molecule has 1 N–H and O–H groups in total. The molecule has 2 aromatic rings. The Hall–Kier alpha value is -1.77. The number of rotatable bonds is 3. The first-order valence-corrected chi connectivity index (χ1v) is 6.29. The van der Waals surface area contributed by atoms with Crippen molar-refractivity contribution in [2.45, 2.75) is 0 Å². The Morgan fingerprint density at radius 2 is 1.84 bits per heavy atom. The highest BCUT2D eigenvalue weighted by Crippen LogP contribution is 2.22. The van der Waals surface area contributed by atoms with Crippen molar-refractivity contribution in [1.29, 1.82) is 0 Å². The second-order valence-corrected chi connectivity index (χ2v) is 4.72. The number of carbonyl (C=O) groups is 1. The predicted octanol–water partition coefficient (Wildman–Crippen LogP) is 4.60. The Morgan fingerprint density at radius 3 is 2.53 bits per heavy atom. The molecule has 0 saturated carbocycles. The molecule has 96 valence electrons. The van der Waals surface area contributed by atoms with Gasteiger partial charge in [-0.25, -0.2) is 0 Å². The van der Waals surface area contributed by atoms with E-state index in [1.165, 1.54) is 12.1 Å². The van der Waals surface area contributed by atoms with E-state index in [9.17, 15) is 9.90 Å². The summed E-state index contributed by atoms with van der Waals surface area (Å²) in [6.07, 6.45) is 2.91. The summed E-state index contributed by atoms with van der Waals surface area (Å²) >= 11 is 11.7. The molecule has 0 heterocycles. The Balaban J connectivity index is 2.24. The zero-order valence-corrected chi connectivity index (χ0v) is 11.3. The molecule has 0 fully saturated rings. The first kappa shape index (κ1) is 13.7. The quantitative estimate of drug-likeness (QED) is 0.663. The number of hydrogen-bond acceptors (Lipinski definition) is 2. The summed E-state index contributed by atoms with van der Waals surface area (Å²) in [7, 11) is 0. The third-order valence-electron chi connectivity index (χ3n) is 2.55. The number of hydrogen-bond donors (Lipinski definition) is 1. The normalized spacial score (nSPS) is 10.8. The highest BCUT2D eigenvalue weighted by Gasteiger charge is 2.07. The molecular weight excluding hydrogens is 283 g/mol. The number of aromatic hydroxyl groups is 1. The van der Waals surface area contributed by atoms with Crippen molar-refractivity contribution in [3.05, 3.63) is 69.7 Å². The molecular formula is C15H10Cl2O2. The molecule has 0 radical (unpaired) electrons. The number of phenolic OH excluding ortho intramolecular Hbond substituents is 1. The number of para-hydroxylation sites is 1. The van der Waals surface area contributed by atoms with E-state index >= 15 is 0 Å². The average Bonchev–Trinajstić information content (AvgIpc) is 2.37. The first-order chi connectivity index (χ1) is 9.08. The molecule has 0 spiro atoms. The smallest absolute Gasteiger partial charge is 0.187 e. The van der Waals surface area contributed by atoms with Crippen molar-refractivity contribution in [3.63, 3.8) is 0 Å². The van der Waals surface area contributed by atoms with E-state index in [4.69, 9.17) is 23.2 Å². The Morgan fingerprint density at radius 1 is 1.11 bits per heavy atom. The van der Waals surface area contributed by atoms with E-state index in [1.54, 1.807) is 42.5 Å². The van der Waals surface area contributed by atoms with Gasteiger partial charge in [0.2, 0.25) is 0 Å². The van der Waals surface area contributed by atoms with Gasteiger partial charge in [-0.3, -0.25) is 4.79 Å². The molecule has 0 atom stereocenters. The van der Waals surface area contributed by atoms with Crippen molar-refractivity contribution >= 4 is 35.1 Å². The zero-order valence-electron chi connectivity index (χ0n) is 9.81. The molecule has 2 rings (SSSR count). The molecule has 0 amide bonds. The summed E-state index contributed by atoms with van der Waals surface area (Å²) < 4.78 is 0. The van der Waals surface area contributed by atoms with E-state index in [-0.39, 0.29) is 11.5 Å². The molecule has 0 unspecified atom stereocenters. The fraction of sp³-hybridized carbons (Fsp3) is 0. The van der Waals surface area contributed by atoms with Gasteiger partial charge in [-0.05, 0) is 36.4 Å². The van der Waals surface area contributed by atoms with Gasteiger partial charge in [-0.2, -0.15) is 0 Å². The lowest BCUT2D eigenvalue weighted by Gasteiger charge is -2.01. The van der Waals surface area contributed by atoms with Crippen molar-refractivity contribution in [3.8, 4) is 5.75 Å². The minimum atomic E-state index is -0.245. The molecule has 0 aromatic heterocycles. The van der Waals surface area contributed by atoms with Crippen LogP contribution in [-0.4, -0.2) is 10.9 Å². The van der Waals surface area contributed by atoms with Crippen LogP contribution in [0, 0.1) is 0 Å². The molecule has 0 aliphatic heterocycles. The van der Waals surface area contributed by atoms with Gasteiger partial charge in [-0.15, -0.1) is 0 Å². The minimum absolute atomic E-state index is 0.119. The lowest BCUT2D eigenvalue weighted by Crippen LogP contribution is -1.95. The van der Waals surface area contributed by atoms with Gasteiger partial charge >= 0.3 is 0 Å². The summed E-state index contributed by atoms with van der Waals surface area (Å²) in [6, 6.07) is 11.5. The van der Waals surface area contributed by atoms with E-state index in [0.29, 0.717) is 21.2 Å². The molecule has 19 heavy (non-hydrogen) atoms. The van der Waals surface area contributed by atoms with Gasteiger partial charge in [0.15, 0.2) is 5.78 Å². The van der Waals surface area contributed by atoms with Gasteiger partial charge in [0, 0.05) is 16.1 Å². The second kappa shape index (κ2) is 5.91. The maximum atomic E-state index is 12.0. The minimum Gasteiger partial charge on any atom is -0.507 e. The predicted molar refractivity (Wildman–Crippen MR) is 77.9 cm³/mol. The number of carbonyl (C=O) groups excluding carboxylic acids is 1. The lowest BCUT2D eigenvalue weighted by molar-refractivity contribution is 0.104. The SMILES string of the molecule is O=C(/C=C/c1ccccc1O)c1ccc(Cl)cc1Cl. The van der Waals surface area contributed by atoms with Gasteiger partial charge in [0.25, 0.3) is 0 Å². The van der Waals surface area contributed by atoms with E-state index < -0.39 is 0 Å². The lowest BCUT2D eigenvalue weighted by atomic mass is 10.1. The van der Waals surface area contributed by atoms with Crippen LogP contribution in [0.15, 0.2) is 48.5 Å². The molecule has 0 bridgehead atoms. The standard InChI is InChI=1S/C15H10Cl2O2/c16-11-6-7-12(13(17)9-11)15(19)8-5-10-3-1-2-4-14(10)18/h1-9,18H/b8-5+. The van der Waals surface area contributed by atoms with Crippen LogP contribution in [0.2, 0.25) is 10.0 Å². The van der Waals surface area contributed by atoms with E-state index in [1.807, 2.05) is 0 Å². The van der Waals surface area contributed by atoms with Crippen LogP contribution in [0.4, 0.5) is 0 Å². The summed E-state index contributed by atoms with van der Waals surface area (Å²) in [6.45, 7) is 0. The van der Waals surface area contributed by atoms with Gasteiger partial charge in [0.05, 0.1) is 5.02 Å². The number of halogens is 2. The molecule has 2 nitrogen and oxygen atoms in total. The maximum absolute atomic E-state index is 12.0. The zero-order chi connectivity index (χ0) is 13.8. The fourth-order valence-electron chi connectivity index (χ4n) is 1.57. The summed E-state index contributed by atoms with van der Waals surface area (Å²) in [4.78, 5) is 12.0. The average molecular weight is 293 g/mol. The van der Waals surface area contributed by atoms with Gasteiger partial charge in [-0.1, -0.05) is 41.4 Å². The van der Waals surface area contributed by atoms with Crippen LogP contribution in [0.5, 0.6) is 5.75 Å². The Bertz CT molecular complexity index is 648. The summed E-state index contributed by atoms with van der Waals surface area (Å²) in [5, 5.41) is 10.4. The highest BCUT2D eigenvalue weighted by molar-refractivity contribution is 6.37. The third-order valence-corrected chi connectivity index (χ3v) is 3.10. The van der Waals surface area contributed by atoms with Crippen LogP contribution < -0.4 is 0 Å². The Kier molecular flexibility index (Phi) is 4.25. The summed E-state index contributed by atoms with van der Waals surface area (Å²) in [5.74, 6) is -0.126. The van der Waals surface area contributed by atoms with Crippen LogP contribution in [-0.2, 0) is 0 Å². The van der Waals surface area contributed by atoms with Crippen LogP contribution >= 0.6 is 23.2 Å². The Labute approximate surface area is 120 Å². The number of ketones is 1. The van der Waals surface area contributed by atoms with Crippen molar-refractivity contribution in [2.75, 3.05) is 0 Å². The van der Waals surface area contributed by atoms with E-state index in [2.05, 4.69) is 0 Å². The monoisotopic (exact) mass is 292 g/mol. The van der Waals surface area contributed by atoms with Crippen molar-refractivity contribution in [1.82, 2.24) is 0 Å². The largest absolute Gasteiger partial charge is 0.507 e. The fourth-order valence-corrected chi connectivity index (χ4v) is 2.07. The van der Waals surface area contributed by atoms with Crippen LogP contribution in [0.3, 0.4) is 0 Å². The van der Waals surface area contributed by atoms with Crippen LogP contribution in [0.25, 0.3) is 6.08 Å². The topological polar surface area (TPSA) is 37.3 Å². The summed E-state index contributed by atoms with van der Waals surface area (Å²) in [5.41, 5.74) is 0.943. The highest BCUT2D eigenvalue weighted by atomic mass is 35.5. The van der Waals surface area contributed by atoms with Gasteiger partial charge < -0.3 is 5.11 Å². The molecule has 0 aliphatic rings. The van der Waals surface area contributed by atoms with E-state index in [0.717, 1.165) is 0 Å². The third kappa shape index (κ3) is 3.37. The molecule has 0 saturated heterocycles. The number of benzene rings is 2. The number of allylic oxidation sites excluding steroid dienone is 1. The number of phenols is 1. The molecule has 4 heteroatoms. The molecule has 0 aliphatic carbocycles. The first-order valence-electron chi connectivity index (χ1n) is 5.53. The van der Waals surface area contributed by atoms with Crippen LogP contribution in [0.1, 0.15) is 15.9 Å². The molecule has 2 aromatic carbocycles. The maximum Gasteiger partial charge on any atom is 0.187 e. The van der Waals surface area contributed by atoms with Crippen molar-refractivity contribution in [2.24, 2.45) is 0 Å².